The zero-order valence-corrected chi connectivity index (χ0v) is 12.7. The monoisotopic (exact) mass is 275 g/mol. The fourth-order valence-electron chi connectivity index (χ4n) is 2.58. The number of hydrogen-bond acceptors (Lipinski definition) is 4. The number of pyridine rings is 1. The van der Waals surface area contributed by atoms with Crippen molar-refractivity contribution in [3.05, 3.63) is 24.0 Å². The molecule has 0 amide bonds. The Kier molecular flexibility index (Phi) is 3.39. The lowest BCUT2D eigenvalue weighted by atomic mass is 9.78. The fraction of sp³-hybridized carbons (Fsp3) is 0.667. The van der Waals surface area contributed by atoms with Gasteiger partial charge in [0.25, 0.3) is 0 Å². The first-order valence-corrected chi connectivity index (χ1v) is 7.28. The van der Waals surface area contributed by atoms with E-state index in [9.17, 15) is 0 Å². The largest absolute Gasteiger partial charge is 0.494 e. The normalized spacial score (nSPS) is 28.0. The van der Waals surface area contributed by atoms with Gasteiger partial charge in [0.1, 0.15) is 0 Å². The van der Waals surface area contributed by atoms with Crippen molar-refractivity contribution >= 4 is 12.6 Å². The Labute approximate surface area is 121 Å². The number of ether oxygens (including phenoxy) is 1. The van der Waals surface area contributed by atoms with Crippen LogP contribution in [0, 0.1) is 0 Å². The first kappa shape index (κ1) is 14.0. The third-order valence-electron chi connectivity index (χ3n) is 4.68. The third-order valence-corrected chi connectivity index (χ3v) is 4.68. The van der Waals surface area contributed by atoms with E-state index in [-0.39, 0.29) is 18.3 Å². The molecule has 1 unspecified atom stereocenters. The first-order valence-electron chi connectivity index (χ1n) is 7.28. The molecule has 4 nitrogen and oxygen atoms in total. The van der Waals surface area contributed by atoms with Gasteiger partial charge < -0.3 is 14.0 Å². The zero-order valence-electron chi connectivity index (χ0n) is 12.7. The summed E-state index contributed by atoms with van der Waals surface area (Å²) in [6.45, 7) is 9.87. The highest BCUT2D eigenvalue weighted by atomic mass is 16.7. The molecule has 20 heavy (non-hydrogen) atoms. The lowest BCUT2D eigenvalue weighted by Crippen LogP contribution is -2.41. The average Bonchev–Trinajstić information content (AvgIpc) is 2.97. The number of rotatable bonds is 2. The van der Waals surface area contributed by atoms with Crippen molar-refractivity contribution in [1.82, 2.24) is 4.98 Å². The Morgan fingerprint density at radius 1 is 1.20 bits per heavy atom. The summed E-state index contributed by atoms with van der Waals surface area (Å²) in [5.41, 5.74) is 1.50. The molecule has 0 N–H and O–H groups in total. The van der Waals surface area contributed by atoms with Crippen molar-refractivity contribution < 1.29 is 14.0 Å². The lowest BCUT2D eigenvalue weighted by Gasteiger charge is -2.32. The summed E-state index contributed by atoms with van der Waals surface area (Å²) >= 11 is 0. The van der Waals surface area contributed by atoms with Gasteiger partial charge in [-0.05, 0) is 51.7 Å². The molecular weight excluding hydrogens is 253 g/mol. The minimum absolute atomic E-state index is 0.308. The molecule has 0 saturated carbocycles. The molecule has 2 aliphatic heterocycles. The molecule has 5 heteroatoms. The van der Waals surface area contributed by atoms with E-state index in [1.165, 1.54) is 0 Å². The second-order valence-electron chi connectivity index (χ2n) is 6.66. The molecule has 0 spiro atoms. The first-order chi connectivity index (χ1) is 9.39. The van der Waals surface area contributed by atoms with Gasteiger partial charge >= 0.3 is 7.12 Å². The fourth-order valence-corrected chi connectivity index (χ4v) is 2.58. The van der Waals surface area contributed by atoms with Gasteiger partial charge in [0.15, 0.2) is 0 Å². The van der Waals surface area contributed by atoms with Crippen molar-refractivity contribution in [2.75, 3.05) is 13.2 Å². The van der Waals surface area contributed by atoms with Gasteiger partial charge in [-0.25, -0.2) is 0 Å². The Hall–Kier alpha value is -0.905. The van der Waals surface area contributed by atoms with Crippen LogP contribution in [0.15, 0.2) is 18.3 Å². The topological polar surface area (TPSA) is 40.6 Å². The van der Waals surface area contributed by atoms with Crippen LogP contribution in [0.1, 0.15) is 45.7 Å². The quantitative estimate of drug-likeness (QED) is 0.773. The van der Waals surface area contributed by atoms with Gasteiger partial charge in [-0.1, -0.05) is 0 Å². The van der Waals surface area contributed by atoms with Crippen molar-refractivity contribution in [1.29, 1.82) is 0 Å². The van der Waals surface area contributed by atoms with Crippen molar-refractivity contribution in [3.8, 4) is 0 Å². The van der Waals surface area contributed by atoms with Gasteiger partial charge in [0, 0.05) is 24.4 Å². The number of nitrogens with zero attached hydrogens (tertiary/aromatic N) is 1. The maximum atomic E-state index is 6.09. The third kappa shape index (κ3) is 2.38. The minimum Gasteiger partial charge on any atom is -0.399 e. The molecule has 0 aromatic carbocycles. The molecule has 2 fully saturated rings. The van der Waals surface area contributed by atoms with Gasteiger partial charge in [0.2, 0.25) is 0 Å². The van der Waals surface area contributed by atoms with Gasteiger partial charge in [-0.15, -0.1) is 0 Å². The van der Waals surface area contributed by atoms with Crippen LogP contribution in [0.25, 0.3) is 0 Å². The SMILES string of the molecule is CC1(C)OB(c2ccnc(C3CCOC3)c2)OC1(C)C. The Bertz CT molecular complexity index is 482. The van der Waals surface area contributed by atoms with Crippen molar-refractivity contribution in [3.63, 3.8) is 0 Å². The summed E-state index contributed by atoms with van der Waals surface area (Å²) in [6, 6.07) is 4.07. The summed E-state index contributed by atoms with van der Waals surface area (Å²) in [5, 5.41) is 0. The van der Waals surface area contributed by atoms with E-state index in [2.05, 4.69) is 38.7 Å². The maximum absolute atomic E-state index is 6.09. The highest BCUT2D eigenvalue weighted by Gasteiger charge is 2.51. The maximum Gasteiger partial charge on any atom is 0.494 e. The van der Waals surface area contributed by atoms with Crippen molar-refractivity contribution in [2.24, 2.45) is 0 Å². The summed E-state index contributed by atoms with van der Waals surface area (Å²) in [7, 11) is -0.316. The van der Waals surface area contributed by atoms with Crippen LogP contribution in [-0.4, -0.2) is 36.5 Å². The summed E-state index contributed by atoms with van der Waals surface area (Å²) in [4.78, 5) is 4.47. The molecule has 108 valence electrons. The number of hydrogen-bond donors (Lipinski definition) is 0. The van der Waals surface area contributed by atoms with Crippen LogP contribution in [-0.2, 0) is 14.0 Å². The zero-order chi connectivity index (χ0) is 14.4. The molecule has 1 aromatic heterocycles. The van der Waals surface area contributed by atoms with Crippen LogP contribution < -0.4 is 5.46 Å². The molecule has 1 aromatic rings. The second kappa shape index (κ2) is 4.83. The molecular formula is C15H22BNO3. The van der Waals surface area contributed by atoms with Crippen LogP contribution in [0.3, 0.4) is 0 Å². The molecule has 2 aliphatic rings. The van der Waals surface area contributed by atoms with E-state index in [1.807, 2.05) is 12.3 Å². The summed E-state index contributed by atoms with van der Waals surface area (Å²) in [6.07, 6.45) is 2.88. The highest BCUT2D eigenvalue weighted by molar-refractivity contribution is 6.62. The smallest absolute Gasteiger partial charge is 0.399 e. The van der Waals surface area contributed by atoms with E-state index < -0.39 is 0 Å². The van der Waals surface area contributed by atoms with Crippen LogP contribution in [0.2, 0.25) is 0 Å². The number of aromatic nitrogens is 1. The molecule has 0 radical (unpaired) electrons. The van der Waals surface area contributed by atoms with E-state index in [0.29, 0.717) is 5.92 Å². The molecule has 1 atom stereocenters. The van der Waals surface area contributed by atoms with Gasteiger partial charge in [-0.2, -0.15) is 0 Å². The second-order valence-corrected chi connectivity index (χ2v) is 6.66. The van der Waals surface area contributed by atoms with E-state index in [0.717, 1.165) is 30.8 Å². The highest BCUT2D eigenvalue weighted by Crippen LogP contribution is 2.36. The average molecular weight is 275 g/mol. The molecule has 3 rings (SSSR count). The molecule has 0 bridgehead atoms. The van der Waals surface area contributed by atoms with Gasteiger partial charge in [-0.3, -0.25) is 4.98 Å². The standard InChI is InChI=1S/C15H22BNO3/c1-14(2)15(3,4)20-16(19-14)12-5-7-17-13(9-12)11-6-8-18-10-11/h5,7,9,11H,6,8,10H2,1-4H3. The Morgan fingerprint density at radius 3 is 2.50 bits per heavy atom. The summed E-state index contributed by atoms with van der Waals surface area (Å²) in [5.74, 6) is 0.400. The molecule has 2 saturated heterocycles. The van der Waals surface area contributed by atoms with Crippen LogP contribution in [0.5, 0.6) is 0 Å². The van der Waals surface area contributed by atoms with E-state index >= 15 is 0 Å². The Balaban J connectivity index is 1.83. The van der Waals surface area contributed by atoms with Gasteiger partial charge in [0.05, 0.1) is 17.8 Å². The van der Waals surface area contributed by atoms with Crippen LogP contribution >= 0.6 is 0 Å². The minimum atomic E-state index is -0.316. The molecule has 3 heterocycles. The predicted molar refractivity (Wildman–Crippen MR) is 78.1 cm³/mol. The van der Waals surface area contributed by atoms with E-state index in [4.69, 9.17) is 14.0 Å². The van der Waals surface area contributed by atoms with Crippen molar-refractivity contribution in [2.45, 2.75) is 51.2 Å². The van der Waals surface area contributed by atoms with Crippen LogP contribution in [0.4, 0.5) is 0 Å². The molecule has 0 aliphatic carbocycles. The van der Waals surface area contributed by atoms with E-state index in [1.54, 1.807) is 0 Å². The lowest BCUT2D eigenvalue weighted by molar-refractivity contribution is 0.00578. The summed E-state index contributed by atoms with van der Waals surface area (Å²) < 4.78 is 17.6. The Morgan fingerprint density at radius 2 is 1.90 bits per heavy atom. The predicted octanol–water partition coefficient (Wildman–Crippen LogP) is 1.88.